The Morgan fingerprint density at radius 3 is 2.52 bits per heavy atom. The van der Waals surface area contributed by atoms with Crippen molar-refractivity contribution in [1.29, 1.82) is 0 Å². The fraction of sp³-hybridized carbons (Fsp3) is 0.389. The highest BCUT2D eigenvalue weighted by Gasteiger charge is 2.24. The van der Waals surface area contributed by atoms with Gasteiger partial charge in [0, 0.05) is 11.4 Å². The maximum Gasteiger partial charge on any atom is 0.265 e. The molecule has 1 amide bonds. The average molecular weight is 333 g/mol. The summed E-state index contributed by atoms with van der Waals surface area (Å²) in [4.78, 5) is 13.9. The van der Waals surface area contributed by atoms with Gasteiger partial charge in [-0.25, -0.2) is 0 Å². The van der Waals surface area contributed by atoms with E-state index in [2.05, 4.69) is 5.32 Å². The molecule has 2 aromatic rings. The van der Waals surface area contributed by atoms with Gasteiger partial charge in [-0.15, -0.1) is 11.3 Å². The van der Waals surface area contributed by atoms with E-state index in [1.807, 2.05) is 57.2 Å². The molecule has 2 rings (SSSR count). The zero-order valence-electron chi connectivity index (χ0n) is 13.9. The Kier molecular flexibility index (Phi) is 5.44. The number of aliphatic hydroxyl groups excluding tert-OH is 1. The predicted molar refractivity (Wildman–Crippen MR) is 94.1 cm³/mol. The van der Waals surface area contributed by atoms with Crippen LogP contribution < -0.4 is 10.1 Å². The van der Waals surface area contributed by atoms with Gasteiger partial charge in [0.25, 0.3) is 5.91 Å². The number of benzene rings is 1. The first-order valence-electron chi connectivity index (χ1n) is 7.52. The first-order valence-corrected chi connectivity index (χ1v) is 8.34. The van der Waals surface area contributed by atoms with Gasteiger partial charge in [-0.05, 0) is 17.0 Å². The number of aliphatic hydroxyl groups is 1. The number of carbonyl (C=O) groups is 1. The number of hydrogen-bond acceptors (Lipinski definition) is 4. The number of methoxy groups -OCH3 is 1. The van der Waals surface area contributed by atoms with Gasteiger partial charge < -0.3 is 15.2 Å². The van der Waals surface area contributed by atoms with Crippen molar-refractivity contribution in [2.45, 2.75) is 26.9 Å². The zero-order valence-corrected chi connectivity index (χ0v) is 14.7. The summed E-state index contributed by atoms with van der Waals surface area (Å²) in [7, 11) is 1.55. The Hall–Kier alpha value is -1.85. The second-order valence-electron chi connectivity index (χ2n) is 6.47. The third-order valence-electron chi connectivity index (χ3n) is 3.64. The molecule has 0 unspecified atom stereocenters. The lowest BCUT2D eigenvalue weighted by Gasteiger charge is -2.25. The first-order chi connectivity index (χ1) is 10.8. The molecular formula is C18H23NO3S. The van der Waals surface area contributed by atoms with Gasteiger partial charge in [0.15, 0.2) is 0 Å². The van der Waals surface area contributed by atoms with Crippen molar-refractivity contribution in [3.05, 3.63) is 41.3 Å². The standard InChI is InChI=1S/C18H23NO3S/c1-18(2,3)15(20)11-19-17(21)16-13(22-4)10-14(23-16)12-8-6-5-7-9-12/h5-10,15,20H,11H2,1-4H3,(H,19,21)/t15-/m1/s1. The maximum atomic E-state index is 12.4. The molecule has 5 heteroatoms. The molecule has 1 aromatic carbocycles. The molecule has 0 saturated carbocycles. The van der Waals surface area contributed by atoms with Crippen LogP contribution in [0.5, 0.6) is 5.75 Å². The van der Waals surface area contributed by atoms with Crippen molar-refractivity contribution >= 4 is 17.2 Å². The van der Waals surface area contributed by atoms with Crippen molar-refractivity contribution in [2.24, 2.45) is 5.41 Å². The molecule has 124 valence electrons. The molecule has 0 fully saturated rings. The monoisotopic (exact) mass is 333 g/mol. The molecule has 1 heterocycles. The summed E-state index contributed by atoms with van der Waals surface area (Å²) >= 11 is 1.39. The average Bonchev–Trinajstić information content (AvgIpc) is 2.96. The smallest absolute Gasteiger partial charge is 0.265 e. The van der Waals surface area contributed by atoms with Crippen LogP contribution in [0.25, 0.3) is 10.4 Å². The SMILES string of the molecule is COc1cc(-c2ccccc2)sc1C(=O)NC[C@@H](O)C(C)(C)C. The molecule has 0 aliphatic heterocycles. The fourth-order valence-corrected chi connectivity index (χ4v) is 3.05. The predicted octanol–water partition coefficient (Wildman–Crippen LogP) is 3.56. The number of hydrogen-bond donors (Lipinski definition) is 2. The van der Waals surface area contributed by atoms with Gasteiger partial charge >= 0.3 is 0 Å². The molecule has 0 radical (unpaired) electrons. The molecule has 2 N–H and O–H groups in total. The van der Waals surface area contributed by atoms with Crippen LogP contribution >= 0.6 is 11.3 Å². The molecule has 4 nitrogen and oxygen atoms in total. The summed E-state index contributed by atoms with van der Waals surface area (Å²) in [6, 6.07) is 11.7. The summed E-state index contributed by atoms with van der Waals surface area (Å²) in [5.41, 5.74) is 0.770. The summed E-state index contributed by atoms with van der Waals surface area (Å²) in [5.74, 6) is 0.328. The van der Waals surface area contributed by atoms with E-state index in [4.69, 9.17) is 4.74 Å². The van der Waals surface area contributed by atoms with E-state index in [9.17, 15) is 9.90 Å². The van der Waals surface area contributed by atoms with Crippen molar-refractivity contribution < 1.29 is 14.6 Å². The van der Waals surface area contributed by atoms with Crippen LogP contribution in [0.2, 0.25) is 0 Å². The van der Waals surface area contributed by atoms with Crippen LogP contribution in [0.15, 0.2) is 36.4 Å². The number of carbonyl (C=O) groups excluding carboxylic acids is 1. The highest BCUT2D eigenvalue weighted by Crippen LogP contribution is 2.36. The summed E-state index contributed by atoms with van der Waals surface area (Å²) in [5, 5.41) is 12.8. The van der Waals surface area contributed by atoms with Crippen molar-refractivity contribution in [3.63, 3.8) is 0 Å². The van der Waals surface area contributed by atoms with Crippen LogP contribution in [0.4, 0.5) is 0 Å². The highest BCUT2D eigenvalue weighted by molar-refractivity contribution is 7.17. The van der Waals surface area contributed by atoms with E-state index in [1.54, 1.807) is 7.11 Å². The Morgan fingerprint density at radius 1 is 1.30 bits per heavy atom. The Labute approximate surface area is 141 Å². The first kappa shape index (κ1) is 17.5. The van der Waals surface area contributed by atoms with Crippen LogP contribution in [-0.4, -0.2) is 30.8 Å². The van der Waals surface area contributed by atoms with Gasteiger partial charge in [-0.2, -0.15) is 0 Å². The van der Waals surface area contributed by atoms with Crippen LogP contribution in [0.3, 0.4) is 0 Å². The van der Waals surface area contributed by atoms with Gasteiger partial charge in [-0.1, -0.05) is 51.1 Å². The minimum absolute atomic E-state index is 0.212. The zero-order chi connectivity index (χ0) is 17.0. The van der Waals surface area contributed by atoms with Gasteiger partial charge in [-0.3, -0.25) is 4.79 Å². The lowest BCUT2D eigenvalue weighted by Crippen LogP contribution is -2.39. The molecule has 0 spiro atoms. The van der Waals surface area contributed by atoms with Crippen molar-refractivity contribution in [3.8, 4) is 16.2 Å². The lowest BCUT2D eigenvalue weighted by molar-refractivity contribution is 0.0587. The van der Waals surface area contributed by atoms with Crippen LogP contribution in [0.1, 0.15) is 30.4 Å². The quantitative estimate of drug-likeness (QED) is 0.879. The molecule has 23 heavy (non-hydrogen) atoms. The van der Waals surface area contributed by atoms with E-state index >= 15 is 0 Å². The topological polar surface area (TPSA) is 58.6 Å². The highest BCUT2D eigenvalue weighted by atomic mass is 32.1. The Morgan fingerprint density at radius 2 is 1.96 bits per heavy atom. The van der Waals surface area contributed by atoms with Gasteiger partial charge in [0.2, 0.25) is 0 Å². The Balaban J connectivity index is 2.16. The minimum Gasteiger partial charge on any atom is -0.495 e. The molecular weight excluding hydrogens is 310 g/mol. The summed E-state index contributed by atoms with van der Waals surface area (Å²) in [6.45, 7) is 6.01. The molecule has 0 saturated heterocycles. The number of thiophene rings is 1. The van der Waals surface area contributed by atoms with Crippen molar-refractivity contribution in [1.82, 2.24) is 5.32 Å². The number of rotatable bonds is 5. The molecule has 0 aliphatic rings. The largest absolute Gasteiger partial charge is 0.495 e. The summed E-state index contributed by atoms with van der Waals surface area (Å²) in [6.07, 6.45) is -0.606. The van der Waals surface area contributed by atoms with Gasteiger partial charge in [0.1, 0.15) is 10.6 Å². The molecule has 1 atom stereocenters. The second-order valence-corrected chi connectivity index (χ2v) is 7.52. The van der Waals surface area contributed by atoms with Crippen molar-refractivity contribution in [2.75, 3.05) is 13.7 Å². The van der Waals surface area contributed by atoms with Crippen LogP contribution in [-0.2, 0) is 0 Å². The number of amides is 1. The van der Waals surface area contributed by atoms with E-state index in [-0.39, 0.29) is 17.9 Å². The maximum absolute atomic E-state index is 12.4. The molecule has 0 bridgehead atoms. The minimum atomic E-state index is -0.606. The van der Waals surface area contributed by atoms with E-state index in [1.165, 1.54) is 11.3 Å². The number of ether oxygens (including phenoxy) is 1. The third-order valence-corrected chi connectivity index (χ3v) is 4.80. The fourth-order valence-electron chi connectivity index (χ4n) is 2.00. The molecule has 0 aliphatic carbocycles. The second kappa shape index (κ2) is 7.15. The van der Waals surface area contributed by atoms with Crippen LogP contribution in [0, 0.1) is 5.41 Å². The molecule has 1 aromatic heterocycles. The van der Waals surface area contributed by atoms with E-state index in [0.29, 0.717) is 10.6 Å². The third kappa shape index (κ3) is 4.33. The Bertz CT molecular complexity index is 659. The lowest BCUT2D eigenvalue weighted by atomic mass is 9.89. The normalized spacial score (nSPS) is 12.7. The van der Waals surface area contributed by atoms with E-state index in [0.717, 1.165) is 10.4 Å². The number of nitrogens with one attached hydrogen (secondary N) is 1. The van der Waals surface area contributed by atoms with E-state index < -0.39 is 6.10 Å². The summed E-state index contributed by atoms with van der Waals surface area (Å²) < 4.78 is 5.33. The van der Waals surface area contributed by atoms with Gasteiger partial charge in [0.05, 0.1) is 13.2 Å².